The topological polar surface area (TPSA) is 27.7 Å². The van der Waals surface area contributed by atoms with Crippen molar-refractivity contribution in [3.05, 3.63) is 124 Å². The first kappa shape index (κ1) is 35.0. The van der Waals surface area contributed by atoms with E-state index >= 15 is 17.6 Å². The summed E-state index contributed by atoms with van der Waals surface area (Å²) in [5, 5.41) is 0. The van der Waals surface area contributed by atoms with E-state index in [9.17, 15) is 22.0 Å². The van der Waals surface area contributed by atoms with Crippen LogP contribution in [0.25, 0.3) is 23.3 Å². The van der Waals surface area contributed by atoms with Crippen LogP contribution in [0.2, 0.25) is 0 Å². The highest BCUT2D eigenvalue weighted by molar-refractivity contribution is 5.70. The number of halogens is 9. The second-order valence-electron chi connectivity index (χ2n) is 11.3. The van der Waals surface area contributed by atoms with Gasteiger partial charge < -0.3 is 14.2 Å². The van der Waals surface area contributed by atoms with Crippen molar-refractivity contribution in [2.75, 3.05) is 13.2 Å². The van der Waals surface area contributed by atoms with E-state index in [4.69, 9.17) is 9.47 Å². The van der Waals surface area contributed by atoms with Gasteiger partial charge in [-0.15, -0.1) is 0 Å². The minimum Gasteiger partial charge on any atom is -0.429 e. The maximum Gasteiger partial charge on any atom is 0.432 e. The van der Waals surface area contributed by atoms with Crippen LogP contribution in [0.3, 0.4) is 0 Å². The largest absolute Gasteiger partial charge is 0.432 e. The zero-order valence-corrected chi connectivity index (χ0v) is 25.5. The standard InChI is InChI=1S/C36H29F9O3/c1-2-3-4-5-21-18-46-35(47-19-21)23-9-7-22(8-10-23)24-14-29(39)33(30(40)15-24)36(44,45)48-25-16-27(37)26(28(38)17-25)11-6-20-12-31(41)34(43)32(42)13-20/h6-17,21,35H,2-5,18-19H2,1H3/b11-6+. The number of alkyl halides is 2. The molecule has 0 saturated carbocycles. The van der Waals surface area contributed by atoms with Crippen molar-refractivity contribution < 1.29 is 53.7 Å². The van der Waals surface area contributed by atoms with Crippen LogP contribution in [-0.2, 0) is 15.6 Å². The fourth-order valence-corrected chi connectivity index (χ4v) is 5.26. The van der Waals surface area contributed by atoms with E-state index in [0.717, 1.165) is 37.8 Å². The van der Waals surface area contributed by atoms with Gasteiger partial charge in [-0.3, -0.25) is 0 Å². The third-order valence-electron chi connectivity index (χ3n) is 7.78. The highest BCUT2D eigenvalue weighted by Crippen LogP contribution is 2.38. The predicted octanol–water partition coefficient (Wildman–Crippen LogP) is 10.9. The van der Waals surface area contributed by atoms with E-state index in [0.29, 0.717) is 66.7 Å². The molecule has 0 atom stereocenters. The van der Waals surface area contributed by atoms with Crippen LogP contribution in [-0.4, -0.2) is 13.2 Å². The first-order valence-electron chi connectivity index (χ1n) is 15.1. The molecule has 1 fully saturated rings. The molecule has 1 aliphatic heterocycles. The Hall–Kier alpha value is -4.29. The second kappa shape index (κ2) is 14.9. The molecule has 0 amide bonds. The Labute approximate surface area is 270 Å². The molecular formula is C36H29F9O3. The third kappa shape index (κ3) is 8.04. The maximum atomic E-state index is 15.0. The molecule has 3 nitrogen and oxygen atoms in total. The quantitative estimate of drug-likeness (QED) is 0.0683. The van der Waals surface area contributed by atoms with Gasteiger partial charge in [0.05, 0.1) is 13.2 Å². The Bertz CT molecular complexity index is 1710. The van der Waals surface area contributed by atoms with Crippen LogP contribution < -0.4 is 4.74 Å². The van der Waals surface area contributed by atoms with Gasteiger partial charge in [-0.1, -0.05) is 56.5 Å². The normalized spacial score (nSPS) is 16.9. The molecule has 254 valence electrons. The average Bonchev–Trinajstić information content (AvgIpc) is 3.03. The average molecular weight is 681 g/mol. The minimum atomic E-state index is -4.71. The molecule has 0 aliphatic carbocycles. The van der Waals surface area contributed by atoms with Gasteiger partial charge in [-0.25, -0.2) is 30.7 Å². The van der Waals surface area contributed by atoms with Gasteiger partial charge in [0.1, 0.15) is 34.6 Å². The highest BCUT2D eigenvalue weighted by atomic mass is 19.3. The molecule has 0 N–H and O–H groups in total. The molecule has 0 aromatic heterocycles. The summed E-state index contributed by atoms with van der Waals surface area (Å²) in [6, 6.07) is 9.49. The van der Waals surface area contributed by atoms with Gasteiger partial charge in [0, 0.05) is 29.2 Å². The van der Waals surface area contributed by atoms with Crippen molar-refractivity contribution in [3.8, 4) is 16.9 Å². The summed E-state index contributed by atoms with van der Waals surface area (Å²) in [5.41, 5.74) is -1.99. The van der Waals surface area contributed by atoms with Gasteiger partial charge >= 0.3 is 6.11 Å². The number of rotatable bonds is 11. The Morgan fingerprint density at radius 1 is 0.708 bits per heavy atom. The lowest BCUT2D eigenvalue weighted by Gasteiger charge is -2.29. The van der Waals surface area contributed by atoms with Crippen molar-refractivity contribution in [2.24, 2.45) is 5.92 Å². The van der Waals surface area contributed by atoms with Crippen LogP contribution in [0, 0.1) is 46.6 Å². The van der Waals surface area contributed by atoms with Crippen LogP contribution >= 0.6 is 0 Å². The summed E-state index contributed by atoms with van der Waals surface area (Å²) in [4.78, 5) is 0. The van der Waals surface area contributed by atoms with E-state index in [-0.39, 0.29) is 11.1 Å². The molecule has 12 heteroatoms. The molecule has 0 bridgehead atoms. The molecular weight excluding hydrogens is 651 g/mol. The van der Waals surface area contributed by atoms with Gasteiger partial charge in [0.25, 0.3) is 0 Å². The fraction of sp³-hybridized carbons (Fsp3) is 0.278. The zero-order chi connectivity index (χ0) is 34.6. The van der Waals surface area contributed by atoms with E-state index in [2.05, 4.69) is 11.7 Å². The molecule has 1 heterocycles. The monoisotopic (exact) mass is 680 g/mol. The Kier molecular flexibility index (Phi) is 10.8. The molecule has 5 rings (SSSR count). The Morgan fingerprint density at radius 2 is 1.29 bits per heavy atom. The van der Waals surface area contributed by atoms with E-state index in [1.165, 1.54) is 12.1 Å². The van der Waals surface area contributed by atoms with Crippen LogP contribution in [0.5, 0.6) is 5.75 Å². The summed E-state index contributed by atoms with van der Waals surface area (Å²) in [7, 11) is 0. The molecule has 0 radical (unpaired) electrons. The molecule has 4 aromatic carbocycles. The summed E-state index contributed by atoms with van der Waals surface area (Å²) < 4.78 is 145. The minimum absolute atomic E-state index is 0.0632. The van der Waals surface area contributed by atoms with Crippen molar-refractivity contribution >= 4 is 12.2 Å². The van der Waals surface area contributed by atoms with Crippen molar-refractivity contribution in [3.63, 3.8) is 0 Å². The number of ether oxygens (including phenoxy) is 3. The molecule has 0 spiro atoms. The molecule has 4 aromatic rings. The van der Waals surface area contributed by atoms with E-state index in [1.54, 1.807) is 12.1 Å². The zero-order valence-electron chi connectivity index (χ0n) is 25.5. The molecule has 0 unspecified atom stereocenters. The summed E-state index contributed by atoms with van der Waals surface area (Å²) in [5.74, 6) is -11.9. The SMILES string of the molecule is CCCCCC1COC(c2ccc(-c3cc(F)c(C(F)(F)Oc4cc(F)c(/C=C/c5cc(F)c(F)c(F)c5)c(F)c4)c(F)c3)cc2)OC1. The lowest BCUT2D eigenvalue weighted by atomic mass is 10.00. The lowest BCUT2D eigenvalue weighted by Crippen LogP contribution is -2.27. The Balaban J connectivity index is 1.28. The van der Waals surface area contributed by atoms with Gasteiger partial charge in [0.15, 0.2) is 23.7 Å². The summed E-state index contributed by atoms with van der Waals surface area (Å²) >= 11 is 0. The maximum absolute atomic E-state index is 15.0. The van der Waals surface area contributed by atoms with Gasteiger partial charge in [-0.05, 0) is 53.5 Å². The van der Waals surface area contributed by atoms with Crippen LogP contribution in [0.1, 0.15) is 61.2 Å². The number of hydrogen-bond acceptors (Lipinski definition) is 3. The number of hydrogen-bond donors (Lipinski definition) is 0. The van der Waals surface area contributed by atoms with Crippen LogP contribution in [0.4, 0.5) is 39.5 Å². The third-order valence-corrected chi connectivity index (χ3v) is 7.78. The first-order valence-corrected chi connectivity index (χ1v) is 15.1. The molecule has 48 heavy (non-hydrogen) atoms. The number of unbranched alkanes of at least 4 members (excludes halogenated alkanes) is 2. The van der Waals surface area contributed by atoms with E-state index < -0.39 is 70.0 Å². The van der Waals surface area contributed by atoms with Gasteiger partial charge in [0.2, 0.25) is 0 Å². The van der Waals surface area contributed by atoms with Crippen molar-refractivity contribution in [1.29, 1.82) is 0 Å². The fourth-order valence-electron chi connectivity index (χ4n) is 5.26. The van der Waals surface area contributed by atoms with E-state index in [1.807, 2.05) is 0 Å². The Morgan fingerprint density at radius 3 is 1.85 bits per heavy atom. The smallest absolute Gasteiger partial charge is 0.429 e. The van der Waals surface area contributed by atoms with Crippen molar-refractivity contribution in [1.82, 2.24) is 0 Å². The lowest BCUT2D eigenvalue weighted by molar-refractivity contribution is -0.206. The first-order chi connectivity index (χ1) is 22.9. The highest BCUT2D eigenvalue weighted by Gasteiger charge is 2.41. The number of benzene rings is 4. The predicted molar refractivity (Wildman–Crippen MR) is 160 cm³/mol. The summed E-state index contributed by atoms with van der Waals surface area (Å²) in [6.45, 7) is 3.20. The summed E-state index contributed by atoms with van der Waals surface area (Å²) in [6.07, 6.45) is 0.606. The molecule has 1 saturated heterocycles. The van der Waals surface area contributed by atoms with Crippen LogP contribution in [0.15, 0.2) is 60.7 Å². The van der Waals surface area contributed by atoms with Gasteiger partial charge in [-0.2, -0.15) is 8.78 Å². The second-order valence-corrected chi connectivity index (χ2v) is 11.3. The molecule has 1 aliphatic rings. The van der Waals surface area contributed by atoms with Crippen molar-refractivity contribution in [2.45, 2.75) is 45.0 Å².